The molecule has 0 radical (unpaired) electrons. The second kappa shape index (κ2) is 12.1. The summed E-state index contributed by atoms with van der Waals surface area (Å²) in [7, 11) is 0. The van der Waals surface area contributed by atoms with E-state index >= 15 is 0 Å². The number of hydrogen-bond donors (Lipinski definition) is 3. The van der Waals surface area contributed by atoms with Crippen LogP contribution in [0.15, 0.2) is 48.9 Å². The number of likely N-dealkylation sites (tertiary alicyclic amines) is 1. The lowest BCUT2D eigenvalue weighted by atomic mass is 10.2. The first-order chi connectivity index (χ1) is 19.0. The Morgan fingerprint density at radius 3 is 2.97 bits per heavy atom. The highest BCUT2D eigenvalue weighted by atomic mass is 19.2. The molecule has 204 valence electrons. The number of ether oxygens (including phenoxy) is 1. The van der Waals surface area contributed by atoms with Crippen molar-refractivity contribution in [1.29, 1.82) is 0 Å². The van der Waals surface area contributed by atoms with E-state index in [1.807, 2.05) is 18.2 Å². The predicted molar refractivity (Wildman–Crippen MR) is 140 cm³/mol. The Balaban J connectivity index is 1.16. The molecule has 11 nitrogen and oxygen atoms in total. The number of fused-ring (bicyclic) bond motifs is 1. The Morgan fingerprint density at radius 2 is 2.10 bits per heavy atom. The van der Waals surface area contributed by atoms with Crippen LogP contribution in [0.2, 0.25) is 0 Å². The average Bonchev–Trinajstić information content (AvgIpc) is 3.58. The number of amides is 1. The summed E-state index contributed by atoms with van der Waals surface area (Å²) in [6.45, 7) is 2.40. The fraction of sp³-hybridized carbons (Fsp3) is 0.346. The van der Waals surface area contributed by atoms with Gasteiger partial charge in [-0.05, 0) is 50.1 Å². The van der Waals surface area contributed by atoms with Crippen LogP contribution in [0, 0.1) is 11.6 Å². The number of hydrogen-bond acceptors (Lipinski definition) is 9. The van der Waals surface area contributed by atoms with Crippen LogP contribution in [0.25, 0.3) is 10.9 Å². The third-order valence-electron chi connectivity index (χ3n) is 6.49. The van der Waals surface area contributed by atoms with Crippen molar-refractivity contribution in [3.63, 3.8) is 0 Å². The Labute approximate surface area is 222 Å². The summed E-state index contributed by atoms with van der Waals surface area (Å²) in [5.41, 5.74) is 0.421. The molecule has 4 aromatic rings. The Bertz CT molecular complexity index is 1450. The van der Waals surface area contributed by atoms with Crippen LogP contribution in [-0.2, 0) is 11.3 Å². The van der Waals surface area contributed by atoms with Crippen molar-refractivity contribution in [3.05, 3.63) is 60.6 Å². The van der Waals surface area contributed by atoms with Gasteiger partial charge in [0.25, 0.3) is 0 Å². The predicted octanol–water partition coefficient (Wildman–Crippen LogP) is 3.11. The maximum Gasteiger partial charge on any atom is 0.246 e. The van der Waals surface area contributed by atoms with E-state index in [0.717, 1.165) is 43.8 Å². The van der Waals surface area contributed by atoms with Gasteiger partial charge < -0.3 is 20.5 Å². The minimum atomic E-state index is -1.13. The van der Waals surface area contributed by atoms with Gasteiger partial charge in [-0.2, -0.15) is 0 Å². The monoisotopic (exact) mass is 538 g/mol. The van der Waals surface area contributed by atoms with Gasteiger partial charge in [0.1, 0.15) is 24.4 Å². The zero-order valence-corrected chi connectivity index (χ0v) is 21.1. The van der Waals surface area contributed by atoms with Crippen molar-refractivity contribution < 1.29 is 23.4 Å². The minimum Gasteiger partial charge on any atom is -0.493 e. The highest BCUT2D eigenvalue weighted by Gasteiger charge is 2.22. The lowest BCUT2D eigenvalue weighted by Crippen LogP contribution is -2.33. The lowest BCUT2D eigenvalue weighted by Gasteiger charge is -2.22. The summed E-state index contributed by atoms with van der Waals surface area (Å²) in [6.07, 6.45) is 5.94. The highest BCUT2D eigenvalue weighted by molar-refractivity contribution is 5.91. The van der Waals surface area contributed by atoms with E-state index in [9.17, 15) is 18.7 Å². The van der Waals surface area contributed by atoms with E-state index in [4.69, 9.17) is 4.74 Å². The van der Waals surface area contributed by atoms with E-state index in [2.05, 4.69) is 35.8 Å². The Kier molecular flexibility index (Phi) is 8.18. The summed E-state index contributed by atoms with van der Waals surface area (Å²) in [5.74, 6) is -1.25. The first kappa shape index (κ1) is 26.4. The molecular formula is C26H28F2N8O3. The number of halogens is 2. The maximum absolute atomic E-state index is 13.8. The lowest BCUT2D eigenvalue weighted by molar-refractivity contribution is -0.117. The fourth-order valence-corrected chi connectivity index (χ4v) is 4.57. The van der Waals surface area contributed by atoms with Gasteiger partial charge in [0.15, 0.2) is 17.5 Å². The molecule has 1 fully saturated rings. The topological polar surface area (TPSA) is 130 Å². The second-order valence-corrected chi connectivity index (χ2v) is 9.19. The van der Waals surface area contributed by atoms with E-state index in [0.29, 0.717) is 29.5 Å². The molecule has 2 aromatic carbocycles. The molecule has 5 rings (SSSR count). The first-order valence-electron chi connectivity index (χ1n) is 12.6. The van der Waals surface area contributed by atoms with E-state index < -0.39 is 17.5 Å². The molecule has 3 heterocycles. The second-order valence-electron chi connectivity index (χ2n) is 9.19. The van der Waals surface area contributed by atoms with Crippen LogP contribution in [0.1, 0.15) is 19.3 Å². The number of aromatic nitrogens is 5. The number of nitrogens with one attached hydrogen (secondary N) is 2. The molecular weight excluding hydrogens is 510 g/mol. The van der Waals surface area contributed by atoms with Gasteiger partial charge in [-0.25, -0.2) is 23.4 Å². The summed E-state index contributed by atoms with van der Waals surface area (Å²) in [5, 5.41) is 23.5. The molecule has 13 heteroatoms. The largest absolute Gasteiger partial charge is 0.493 e. The number of aliphatic hydroxyl groups is 1. The van der Waals surface area contributed by atoms with E-state index in [-0.39, 0.29) is 24.9 Å². The van der Waals surface area contributed by atoms with Crippen LogP contribution in [0.4, 0.5) is 26.1 Å². The number of rotatable bonds is 11. The zero-order valence-electron chi connectivity index (χ0n) is 21.1. The van der Waals surface area contributed by atoms with Gasteiger partial charge in [-0.15, -0.1) is 5.10 Å². The number of anilines is 3. The molecule has 0 unspecified atom stereocenters. The number of aliphatic hydroxyl groups excluding tert-OH is 1. The van der Waals surface area contributed by atoms with Crippen LogP contribution in [0.3, 0.4) is 0 Å². The van der Waals surface area contributed by atoms with Crippen LogP contribution in [-0.4, -0.2) is 73.2 Å². The summed E-state index contributed by atoms with van der Waals surface area (Å²) in [6, 6.07) is 9.32. The molecule has 0 bridgehead atoms. The molecule has 3 N–H and O–H groups in total. The molecule has 1 amide bonds. The third kappa shape index (κ3) is 6.44. The Morgan fingerprint density at radius 1 is 1.21 bits per heavy atom. The smallest absolute Gasteiger partial charge is 0.246 e. The van der Waals surface area contributed by atoms with Gasteiger partial charge in [-0.1, -0.05) is 11.3 Å². The van der Waals surface area contributed by atoms with Gasteiger partial charge in [-0.3, -0.25) is 9.69 Å². The minimum absolute atomic E-state index is 0.199. The van der Waals surface area contributed by atoms with Crippen LogP contribution in [0.5, 0.6) is 5.75 Å². The number of benzene rings is 2. The molecule has 1 aliphatic heterocycles. The maximum atomic E-state index is 13.8. The number of nitrogens with zero attached hydrogens (tertiary/aromatic N) is 6. The van der Waals surface area contributed by atoms with E-state index in [1.54, 1.807) is 0 Å². The normalized spacial score (nSPS) is 15.5. The zero-order chi connectivity index (χ0) is 27.2. The standard InChI is InChI=1S/C26H28F2N8O3/c27-20-5-1-6-21(25(20)28)31-24(38)14-36-13-23(33-34-36)32-26-19-8-7-18(12-22(19)29-16-30-26)39-11-3-10-35-9-2-4-17(35)15-37/h1,5-8,12-13,16-17,37H,2-4,9-11,14-15H2,(H,31,38)(H,29,30,32)/t17-/m1/s1. The van der Waals surface area contributed by atoms with E-state index in [1.165, 1.54) is 29.3 Å². The number of carbonyl (C=O) groups excluding carboxylic acids is 1. The van der Waals surface area contributed by atoms with Crippen molar-refractivity contribution in [2.45, 2.75) is 31.8 Å². The number of carbonyl (C=O) groups is 1. The van der Waals surface area contributed by atoms with Crippen molar-refractivity contribution >= 4 is 34.1 Å². The van der Waals surface area contributed by atoms with Crippen molar-refractivity contribution in [2.75, 3.05) is 36.9 Å². The molecule has 0 aliphatic carbocycles. The van der Waals surface area contributed by atoms with Crippen LogP contribution < -0.4 is 15.4 Å². The van der Waals surface area contributed by atoms with Crippen molar-refractivity contribution in [2.24, 2.45) is 0 Å². The summed E-state index contributed by atoms with van der Waals surface area (Å²) < 4.78 is 34.3. The summed E-state index contributed by atoms with van der Waals surface area (Å²) >= 11 is 0. The van der Waals surface area contributed by atoms with Gasteiger partial charge in [0.2, 0.25) is 5.91 Å². The third-order valence-corrected chi connectivity index (χ3v) is 6.49. The fourth-order valence-electron chi connectivity index (χ4n) is 4.57. The van der Waals surface area contributed by atoms with Crippen LogP contribution >= 0.6 is 0 Å². The molecule has 1 aliphatic rings. The molecule has 0 spiro atoms. The Hall–Kier alpha value is -4.23. The highest BCUT2D eigenvalue weighted by Crippen LogP contribution is 2.26. The van der Waals surface area contributed by atoms with Crippen molar-refractivity contribution in [3.8, 4) is 5.75 Å². The molecule has 2 aromatic heterocycles. The molecule has 1 atom stereocenters. The van der Waals surface area contributed by atoms with Gasteiger partial charge >= 0.3 is 0 Å². The molecule has 39 heavy (non-hydrogen) atoms. The van der Waals surface area contributed by atoms with Gasteiger partial charge in [0, 0.05) is 24.0 Å². The first-order valence-corrected chi connectivity index (χ1v) is 12.6. The summed E-state index contributed by atoms with van der Waals surface area (Å²) in [4.78, 5) is 23.2. The molecule has 1 saturated heterocycles. The van der Waals surface area contributed by atoms with Gasteiger partial charge in [0.05, 0.1) is 30.6 Å². The average molecular weight is 539 g/mol. The van der Waals surface area contributed by atoms with Crippen molar-refractivity contribution in [1.82, 2.24) is 29.9 Å². The quantitative estimate of drug-likeness (QED) is 0.247. The molecule has 0 saturated carbocycles. The SMILES string of the molecule is O=C(Cn1cc(Nc2ncnc3cc(OCCCN4CCC[C@@H]4CO)ccc23)nn1)Nc1cccc(F)c1F.